The summed E-state index contributed by atoms with van der Waals surface area (Å²) < 4.78 is 0. The highest BCUT2D eigenvalue weighted by molar-refractivity contribution is 6.31. The fourth-order valence-corrected chi connectivity index (χ4v) is 4.24. The van der Waals surface area contributed by atoms with Crippen LogP contribution in [-0.2, 0) is 11.3 Å². The monoisotopic (exact) mass is 397 g/mol. The van der Waals surface area contributed by atoms with Crippen LogP contribution in [0.4, 0.5) is 0 Å². The molecule has 1 unspecified atom stereocenters. The van der Waals surface area contributed by atoms with Gasteiger partial charge in [-0.05, 0) is 35.7 Å². The van der Waals surface area contributed by atoms with E-state index < -0.39 is 0 Å². The molecule has 1 atom stereocenters. The highest BCUT2D eigenvalue weighted by atomic mass is 35.5. The van der Waals surface area contributed by atoms with Gasteiger partial charge in [0.1, 0.15) is 0 Å². The first-order chi connectivity index (χ1) is 13.6. The van der Waals surface area contributed by atoms with Crippen LogP contribution in [0, 0.1) is 0 Å². The van der Waals surface area contributed by atoms with Crippen molar-refractivity contribution in [3.8, 4) is 0 Å². The Balaban J connectivity index is 1.50. The highest BCUT2D eigenvalue weighted by Gasteiger charge is 2.30. The Kier molecular flexibility index (Phi) is 5.64. The molecule has 0 aromatic heterocycles. The normalized spacial score (nSPS) is 19.9. The van der Waals surface area contributed by atoms with Crippen molar-refractivity contribution in [2.45, 2.75) is 25.4 Å². The molecule has 2 heterocycles. The molecule has 5 nitrogen and oxygen atoms in total. The minimum Gasteiger partial charge on any atom is -0.338 e. The van der Waals surface area contributed by atoms with Gasteiger partial charge >= 0.3 is 0 Å². The molecule has 146 valence electrons. The van der Waals surface area contributed by atoms with Gasteiger partial charge in [0.2, 0.25) is 5.91 Å². The molecule has 2 aromatic carbocycles. The maximum Gasteiger partial charge on any atom is 0.254 e. The number of hydrogen-bond acceptors (Lipinski definition) is 3. The number of amides is 2. The molecule has 0 bridgehead atoms. The summed E-state index contributed by atoms with van der Waals surface area (Å²) >= 11 is 6.39. The van der Waals surface area contributed by atoms with Gasteiger partial charge in [0, 0.05) is 49.7 Å². The Labute approximate surface area is 170 Å². The van der Waals surface area contributed by atoms with Crippen LogP contribution in [0.15, 0.2) is 48.5 Å². The molecule has 2 saturated heterocycles. The fourth-order valence-electron chi connectivity index (χ4n) is 3.98. The standard InChI is InChI=1S/C22H24ClN3O2/c23-19-5-2-1-4-18(19)20-14-24-11-13-26(20)22(28)17-9-7-16(8-10-17)15-25-12-3-6-21(25)27/h1-2,4-5,7-10,20,24H,3,6,11-15H2. The summed E-state index contributed by atoms with van der Waals surface area (Å²) in [5.74, 6) is 0.221. The largest absolute Gasteiger partial charge is 0.338 e. The van der Waals surface area contributed by atoms with Crippen molar-refractivity contribution >= 4 is 23.4 Å². The third kappa shape index (κ3) is 3.91. The predicted molar refractivity (Wildman–Crippen MR) is 109 cm³/mol. The number of benzene rings is 2. The summed E-state index contributed by atoms with van der Waals surface area (Å²) in [6.07, 6.45) is 1.57. The van der Waals surface area contributed by atoms with Crippen LogP contribution in [0.25, 0.3) is 0 Å². The summed E-state index contributed by atoms with van der Waals surface area (Å²) in [7, 11) is 0. The number of carbonyl (C=O) groups excluding carboxylic acids is 2. The average molecular weight is 398 g/mol. The molecule has 0 aliphatic carbocycles. The number of piperazine rings is 1. The number of hydrogen-bond donors (Lipinski definition) is 1. The van der Waals surface area contributed by atoms with Crippen LogP contribution in [0.1, 0.15) is 40.4 Å². The Morgan fingerprint density at radius 1 is 1.11 bits per heavy atom. The Morgan fingerprint density at radius 2 is 1.89 bits per heavy atom. The first kappa shape index (κ1) is 19.0. The lowest BCUT2D eigenvalue weighted by Gasteiger charge is -2.37. The van der Waals surface area contributed by atoms with Gasteiger partial charge in [-0.25, -0.2) is 0 Å². The van der Waals surface area contributed by atoms with E-state index in [2.05, 4.69) is 5.32 Å². The van der Waals surface area contributed by atoms with Gasteiger partial charge < -0.3 is 15.1 Å². The van der Waals surface area contributed by atoms with Gasteiger partial charge in [-0.3, -0.25) is 9.59 Å². The fraction of sp³-hybridized carbons (Fsp3) is 0.364. The second-order valence-corrected chi connectivity index (χ2v) is 7.76. The zero-order valence-electron chi connectivity index (χ0n) is 15.7. The van der Waals surface area contributed by atoms with Crippen molar-refractivity contribution in [1.29, 1.82) is 0 Å². The minimum atomic E-state index is -0.0863. The van der Waals surface area contributed by atoms with Gasteiger partial charge in [0.05, 0.1) is 6.04 Å². The number of rotatable bonds is 4. The maximum atomic E-state index is 13.2. The van der Waals surface area contributed by atoms with E-state index >= 15 is 0 Å². The molecule has 2 amide bonds. The lowest BCUT2D eigenvalue weighted by molar-refractivity contribution is -0.128. The molecular weight excluding hydrogens is 374 g/mol. The Bertz CT molecular complexity index is 868. The summed E-state index contributed by atoms with van der Waals surface area (Å²) in [6.45, 7) is 3.52. The molecule has 2 aliphatic heterocycles. The average Bonchev–Trinajstić information content (AvgIpc) is 3.13. The van der Waals surface area contributed by atoms with E-state index in [1.807, 2.05) is 58.3 Å². The minimum absolute atomic E-state index is 0.00946. The Morgan fingerprint density at radius 3 is 2.61 bits per heavy atom. The zero-order chi connectivity index (χ0) is 19.5. The molecule has 0 spiro atoms. The van der Waals surface area contributed by atoms with Crippen molar-refractivity contribution in [2.75, 3.05) is 26.2 Å². The van der Waals surface area contributed by atoms with Crippen molar-refractivity contribution in [3.05, 3.63) is 70.2 Å². The van der Waals surface area contributed by atoms with Crippen LogP contribution in [-0.4, -0.2) is 47.8 Å². The van der Waals surface area contributed by atoms with Crippen molar-refractivity contribution in [1.82, 2.24) is 15.1 Å². The molecule has 28 heavy (non-hydrogen) atoms. The van der Waals surface area contributed by atoms with Crippen LogP contribution >= 0.6 is 11.6 Å². The van der Waals surface area contributed by atoms with Gasteiger partial charge in [-0.2, -0.15) is 0 Å². The maximum absolute atomic E-state index is 13.2. The van der Waals surface area contributed by atoms with E-state index in [1.165, 1.54) is 0 Å². The number of nitrogens with zero attached hydrogens (tertiary/aromatic N) is 2. The van der Waals surface area contributed by atoms with Gasteiger partial charge in [0.15, 0.2) is 0 Å². The predicted octanol–water partition coefficient (Wildman–Crippen LogP) is 3.25. The second kappa shape index (κ2) is 8.33. The smallest absolute Gasteiger partial charge is 0.254 e. The van der Waals surface area contributed by atoms with Gasteiger partial charge in [-0.15, -0.1) is 0 Å². The zero-order valence-corrected chi connectivity index (χ0v) is 16.5. The molecule has 4 rings (SSSR count). The van der Waals surface area contributed by atoms with E-state index in [0.717, 1.165) is 30.6 Å². The SMILES string of the molecule is O=C1CCCN1Cc1ccc(C(=O)N2CCNCC2c2ccccc2Cl)cc1. The van der Waals surface area contributed by atoms with E-state index in [-0.39, 0.29) is 17.9 Å². The first-order valence-electron chi connectivity index (χ1n) is 9.76. The first-order valence-corrected chi connectivity index (χ1v) is 10.1. The number of halogens is 1. The van der Waals surface area contributed by atoms with E-state index in [9.17, 15) is 9.59 Å². The van der Waals surface area contributed by atoms with E-state index in [0.29, 0.717) is 36.6 Å². The van der Waals surface area contributed by atoms with Gasteiger partial charge in [-0.1, -0.05) is 41.9 Å². The van der Waals surface area contributed by atoms with Crippen molar-refractivity contribution in [3.63, 3.8) is 0 Å². The van der Waals surface area contributed by atoms with E-state index in [1.54, 1.807) is 0 Å². The second-order valence-electron chi connectivity index (χ2n) is 7.36. The number of nitrogens with one attached hydrogen (secondary N) is 1. The quantitative estimate of drug-likeness (QED) is 0.861. The summed E-state index contributed by atoms with van der Waals surface area (Å²) in [6, 6.07) is 15.2. The lowest BCUT2D eigenvalue weighted by Crippen LogP contribution is -2.48. The summed E-state index contributed by atoms with van der Waals surface area (Å²) in [4.78, 5) is 28.8. The molecule has 2 fully saturated rings. The molecule has 0 saturated carbocycles. The van der Waals surface area contributed by atoms with E-state index in [4.69, 9.17) is 11.6 Å². The van der Waals surface area contributed by atoms with Crippen LogP contribution in [0.5, 0.6) is 0 Å². The third-order valence-corrected chi connectivity index (χ3v) is 5.86. The summed E-state index contributed by atoms with van der Waals surface area (Å²) in [5.41, 5.74) is 2.68. The molecule has 6 heteroatoms. The molecule has 1 N–H and O–H groups in total. The summed E-state index contributed by atoms with van der Waals surface area (Å²) in [5, 5.41) is 4.04. The molecule has 2 aliphatic rings. The lowest BCUT2D eigenvalue weighted by atomic mass is 10.0. The van der Waals surface area contributed by atoms with Gasteiger partial charge in [0.25, 0.3) is 5.91 Å². The molecule has 0 radical (unpaired) electrons. The topological polar surface area (TPSA) is 52.7 Å². The van der Waals surface area contributed by atoms with Crippen molar-refractivity contribution < 1.29 is 9.59 Å². The molecular formula is C22H24ClN3O2. The van der Waals surface area contributed by atoms with Crippen molar-refractivity contribution in [2.24, 2.45) is 0 Å². The highest BCUT2D eigenvalue weighted by Crippen LogP contribution is 2.29. The Hall–Kier alpha value is -2.37. The third-order valence-electron chi connectivity index (χ3n) is 5.51. The van der Waals surface area contributed by atoms with Crippen LogP contribution in [0.3, 0.4) is 0 Å². The number of likely N-dealkylation sites (tertiary alicyclic amines) is 1. The van der Waals surface area contributed by atoms with Crippen LogP contribution in [0.2, 0.25) is 5.02 Å². The number of carbonyl (C=O) groups is 2. The van der Waals surface area contributed by atoms with Crippen LogP contribution < -0.4 is 5.32 Å². The molecule has 2 aromatic rings.